The largest absolute Gasteiger partial charge is 0.381 e. The van der Waals surface area contributed by atoms with E-state index in [0.29, 0.717) is 5.92 Å². The van der Waals surface area contributed by atoms with Gasteiger partial charge < -0.3 is 15.4 Å². The van der Waals surface area contributed by atoms with Gasteiger partial charge in [-0.25, -0.2) is 4.79 Å². The predicted octanol–water partition coefficient (Wildman–Crippen LogP) is 2.25. The molecular formula is C12H28N2O2. The van der Waals surface area contributed by atoms with Crippen LogP contribution in [0, 0.1) is 11.8 Å². The Labute approximate surface area is 101 Å². The summed E-state index contributed by atoms with van der Waals surface area (Å²) in [6.45, 7) is 7.53. The fraction of sp³-hybridized carbons (Fsp3) is 0.917. The van der Waals surface area contributed by atoms with Crippen LogP contribution in [-0.2, 0) is 4.74 Å². The van der Waals surface area contributed by atoms with Crippen molar-refractivity contribution in [2.24, 2.45) is 11.8 Å². The van der Waals surface area contributed by atoms with Crippen LogP contribution in [0.15, 0.2) is 0 Å². The van der Waals surface area contributed by atoms with Crippen molar-refractivity contribution < 1.29 is 12.4 Å². The van der Waals surface area contributed by atoms with Crippen molar-refractivity contribution in [3.8, 4) is 0 Å². The van der Waals surface area contributed by atoms with Crippen LogP contribution in [0.4, 0.5) is 4.79 Å². The summed E-state index contributed by atoms with van der Waals surface area (Å²) in [5.41, 5.74) is 0. The third-order valence-corrected chi connectivity index (χ3v) is 3.11. The number of hydrogen-bond donors (Lipinski definition) is 2. The first kappa shape index (κ1) is 13.3. The second-order valence-corrected chi connectivity index (χ2v) is 4.70. The molecule has 0 saturated carbocycles. The zero-order valence-corrected chi connectivity index (χ0v) is 10.4. The minimum Gasteiger partial charge on any atom is -0.381 e. The maximum absolute atomic E-state index is 11.3. The molecule has 2 N–H and O–H groups in total. The molecular weight excluding hydrogens is 204 g/mol. The van der Waals surface area contributed by atoms with Gasteiger partial charge in [-0.1, -0.05) is 20.3 Å². The zero-order valence-electron chi connectivity index (χ0n) is 10.4. The fourth-order valence-corrected chi connectivity index (χ4v) is 1.56. The van der Waals surface area contributed by atoms with Gasteiger partial charge >= 0.3 is 6.03 Å². The summed E-state index contributed by atoms with van der Waals surface area (Å²) in [7, 11) is 0. The van der Waals surface area contributed by atoms with Crippen LogP contribution in [0.1, 0.15) is 36.0 Å². The lowest BCUT2D eigenvalue weighted by Crippen LogP contribution is -2.43. The number of hydrogen-bond acceptors (Lipinski definition) is 2. The Bertz CT molecular complexity index is 214. The molecule has 1 saturated heterocycles. The van der Waals surface area contributed by atoms with Crippen LogP contribution in [0.5, 0.6) is 0 Å². The molecule has 0 spiro atoms. The molecule has 0 aromatic rings. The number of amides is 2. The highest BCUT2D eigenvalue weighted by Crippen LogP contribution is 2.08. The molecule has 4 heteroatoms. The lowest BCUT2D eigenvalue weighted by atomic mass is 10.0. The molecule has 0 radical (unpaired) electrons. The smallest absolute Gasteiger partial charge is 0.314 e. The van der Waals surface area contributed by atoms with Crippen LogP contribution < -0.4 is 10.6 Å². The second kappa shape index (κ2) is 7.49. The zero-order chi connectivity index (χ0) is 11.8. The molecule has 0 aliphatic carbocycles. The standard InChI is InChI=1S/C12H24N2O2.2H2/c1-3-10(2)5-4-6-13-12(15)14-7-11-8-16-9-11;;/h10-11H,3-9H2,1-2H3,(H2,13,14,15);2*1H. The second-order valence-electron chi connectivity index (χ2n) is 4.70. The van der Waals surface area contributed by atoms with E-state index in [0.717, 1.165) is 38.6 Å². The number of ether oxygens (including phenoxy) is 1. The van der Waals surface area contributed by atoms with E-state index in [9.17, 15) is 4.79 Å². The molecule has 1 atom stereocenters. The van der Waals surface area contributed by atoms with E-state index < -0.39 is 0 Å². The van der Waals surface area contributed by atoms with E-state index in [1.807, 2.05) is 0 Å². The Morgan fingerprint density at radius 2 is 2.25 bits per heavy atom. The highest BCUT2D eigenvalue weighted by molar-refractivity contribution is 5.73. The molecule has 98 valence electrons. The lowest BCUT2D eigenvalue weighted by Gasteiger charge is -2.25. The van der Waals surface area contributed by atoms with Crippen molar-refractivity contribution >= 4 is 6.03 Å². The number of carbonyl (C=O) groups excluding carboxylic acids is 1. The summed E-state index contributed by atoms with van der Waals surface area (Å²) in [5, 5.41) is 5.73. The Morgan fingerprint density at radius 1 is 1.50 bits per heavy atom. The summed E-state index contributed by atoms with van der Waals surface area (Å²) in [5.74, 6) is 1.28. The van der Waals surface area contributed by atoms with Crippen LogP contribution in [0.3, 0.4) is 0 Å². The number of rotatable bonds is 7. The molecule has 16 heavy (non-hydrogen) atoms. The van der Waals surface area contributed by atoms with Crippen molar-refractivity contribution in [3.05, 3.63) is 0 Å². The Hall–Kier alpha value is -0.770. The van der Waals surface area contributed by atoms with Gasteiger partial charge in [-0.15, -0.1) is 0 Å². The SMILES string of the molecule is CCC(C)CCCNC(=O)NCC1COC1.[HH].[HH]. The molecule has 1 unspecified atom stereocenters. The summed E-state index contributed by atoms with van der Waals surface area (Å²) in [6, 6.07) is -0.0453. The van der Waals surface area contributed by atoms with Gasteiger partial charge in [0.1, 0.15) is 0 Å². The highest BCUT2D eigenvalue weighted by Gasteiger charge is 2.18. The first-order chi connectivity index (χ1) is 7.72. The first-order valence-electron chi connectivity index (χ1n) is 6.31. The average Bonchev–Trinajstić information content (AvgIpc) is 2.21. The number of carbonyl (C=O) groups is 1. The molecule has 4 nitrogen and oxygen atoms in total. The van der Waals surface area contributed by atoms with Gasteiger partial charge in [-0.3, -0.25) is 0 Å². The fourth-order valence-electron chi connectivity index (χ4n) is 1.56. The van der Waals surface area contributed by atoms with Crippen molar-refractivity contribution in [1.82, 2.24) is 10.6 Å². The van der Waals surface area contributed by atoms with Crippen molar-refractivity contribution in [2.75, 3.05) is 26.3 Å². The average molecular weight is 232 g/mol. The van der Waals surface area contributed by atoms with Gasteiger partial charge in [0.25, 0.3) is 0 Å². The van der Waals surface area contributed by atoms with Gasteiger partial charge in [-0.05, 0) is 18.8 Å². The lowest BCUT2D eigenvalue weighted by molar-refractivity contribution is -0.0293. The minimum absolute atomic E-state index is 0. The third kappa shape index (κ3) is 5.35. The molecule has 1 aliphatic heterocycles. The first-order valence-corrected chi connectivity index (χ1v) is 6.31. The van der Waals surface area contributed by atoms with Crippen molar-refractivity contribution in [1.29, 1.82) is 0 Å². The molecule has 1 fully saturated rings. The Balaban J connectivity index is 0. The van der Waals surface area contributed by atoms with Crippen LogP contribution >= 0.6 is 0 Å². The molecule has 1 heterocycles. The van der Waals surface area contributed by atoms with Gasteiger partial charge in [0.2, 0.25) is 0 Å². The molecule has 0 aromatic heterocycles. The highest BCUT2D eigenvalue weighted by atomic mass is 16.5. The maximum atomic E-state index is 11.3. The topological polar surface area (TPSA) is 50.4 Å². The summed E-state index contributed by atoms with van der Waals surface area (Å²) in [6.07, 6.45) is 3.47. The van der Waals surface area contributed by atoms with Crippen molar-refractivity contribution in [3.63, 3.8) is 0 Å². The monoisotopic (exact) mass is 232 g/mol. The third-order valence-electron chi connectivity index (χ3n) is 3.11. The van der Waals surface area contributed by atoms with E-state index in [-0.39, 0.29) is 8.88 Å². The predicted molar refractivity (Wildman–Crippen MR) is 68.6 cm³/mol. The van der Waals surface area contributed by atoms with Gasteiger partial charge in [0.15, 0.2) is 0 Å². The quantitative estimate of drug-likeness (QED) is 0.661. The van der Waals surface area contributed by atoms with Crippen LogP contribution in [-0.4, -0.2) is 32.3 Å². The Morgan fingerprint density at radius 3 is 2.81 bits per heavy atom. The number of nitrogens with one attached hydrogen (secondary N) is 2. The van der Waals surface area contributed by atoms with Gasteiger partial charge in [0.05, 0.1) is 13.2 Å². The summed E-state index contributed by atoms with van der Waals surface area (Å²) < 4.78 is 5.03. The van der Waals surface area contributed by atoms with E-state index >= 15 is 0 Å². The van der Waals surface area contributed by atoms with Gasteiger partial charge in [-0.2, -0.15) is 0 Å². The summed E-state index contributed by atoms with van der Waals surface area (Å²) in [4.78, 5) is 11.3. The van der Waals surface area contributed by atoms with E-state index in [4.69, 9.17) is 4.74 Å². The molecule has 0 bridgehead atoms. The maximum Gasteiger partial charge on any atom is 0.314 e. The van der Waals surface area contributed by atoms with Crippen molar-refractivity contribution in [2.45, 2.75) is 33.1 Å². The minimum atomic E-state index is -0.0453. The van der Waals surface area contributed by atoms with Crippen LogP contribution in [0.2, 0.25) is 0 Å². The van der Waals surface area contributed by atoms with Gasteiger partial charge in [0, 0.05) is 21.9 Å². The molecule has 2 amide bonds. The Kier molecular flexibility index (Phi) is 6.23. The number of urea groups is 1. The van der Waals surface area contributed by atoms with E-state index in [1.165, 1.54) is 12.8 Å². The molecule has 0 aromatic carbocycles. The normalized spacial score (nSPS) is 17.6. The van der Waals surface area contributed by atoms with E-state index in [1.54, 1.807) is 0 Å². The molecule has 1 rings (SSSR count). The van der Waals surface area contributed by atoms with E-state index in [2.05, 4.69) is 24.5 Å². The van der Waals surface area contributed by atoms with Crippen LogP contribution in [0.25, 0.3) is 0 Å². The summed E-state index contributed by atoms with van der Waals surface area (Å²) >= 11 is 0. The molecule has 1 aliphatic rings.